The zero-order valence-corrected chi connectivity index (χ0v) is 11.6. The van der Waals surface area contributed by atoms with Crippen molar-refractivity contribution in [1.82, 2.24) is 0 Å². The van der Waals surface area contributed by atoms with Gasteiger partial charge in [0, 0.05) is 0 Å². The number of nitrogens with zero attached hydrogens (tertiary/aromatic N) is 1. The molecule has 2 rings (SSSR count). The van der Waals surface area contributed by atoms with E-state index in [4.69, 9.17) is 0 Å². The Kier molecular flexibility index (Phi) is 3.85. The Bertz CT molecular complexity index is 602. The number of rotatable bonds is 2. The van der Waals surface area contributed by atoms with E-state index >= 15 is 0 Å². The standard InChI is InChI=1S/C17H18FN/c1-4-13-5-6-15(14(8-13)10-19)16-9-17(18)12(3)7-11(16)2/h5-6,8-9,11H,4,7H2,1-3H3. The van der Waals surface area contributed by atoms with Gasteiger partial charge in [-0.1, -0.05) is 26.0 Å². The molecule has 1 aliphatic rings. The molecule has 1 aromatic rings. The molecule has 0 radical (unpaired) electrons. The van der Waals surface area contributed by atoms with Crippen molar-refractivity contribution in [2.24, 2.45) is 5.92 Å². The Morgan fingerprint density at radius 1 is 1.42 bits per heavy atom. The van der Waals surface area contributed by atoms with Gasteiger partial charge >= 0.3 is 0 Å². The summed E-state index contributed by atoms with van der Waals surface area (Å²) in [5.41, 5.74) is 4.37. The van der Waals surface area contributed by atoms with E-state index in [2.05, 4.69) is 19.9 Å². The lowest BCUT2D eigenvalue weighted by Gasteiger charge is -2.22. The van der Waals surface area contributed by atoms with Crippen LogP contribution in [0.3, 0.4) is 0 Å². The summed E-state index contributed by atoms with van der Waals surface area (Å²) in [6.07, 6.45) is 3.21. The van der Waals surface area contributed by atoms with Crippen LogP contribution in [0.2, 0.25) is 0 Å². The minimum atomic E-state index is -0.156. The number of nitriles is 1. The molecule has 0 N–H and O–H groups in total. The minimum Gasteiger partial charge on any atom is -0.207 e. The van der Waals surface area contributed by atoms with Crippen molar-refractivity contribution in [3.8, 4) is 6.07 Å². The first-order chi connectivity index (χ1) is 9.06. The molecule has 0 aliphatic heterocycles. The molecule has 0 fully saturated rings. The lowest BCUT2D eigenvalue weighted by Crippen LogP contribution is -2.07. The van der Waals surface area contributed by atoms with Crippen LogP contribution in [0, 0.1) is 17.2 Å². The number of aryl methyl sites for hydroxylation is 1. The summed E-state index contributed by atoms with van der Waals surface area (Å²) in [4.78, 5) is 0. The van der Waals surface area contributed by atoms with E-state index in [1.165, 1.54) is 0 Å². The van der Waals surface area contributed by atoms with Crippen LogP contribution in [0.1, 0.15) is 43.9 Å². The Morgan fingerprint density at radius 3 is 2.79 bits per heavy atom. The second-order valence-corrected chi connectivity index (χ2v) is 5.18. The van der Waals surface area contributed by atoms with E-state index < -0.39 is 0 Å². The molecule has 2 heteroatoms. The van der Waals surface area contributed by atoms with E-state index in [9.17, 15) is 9.65 Å². The van der Waals surface area contributed by atoms with Gasteiger partial charge in [0.05, 0.1) is 11.6 Å². The summed E-state index contributed by atoms with van der Waals surface area (Å²) in [6.45, 7) is 5.96. The Balaban J connectivity index is 2.54. The highest BCUT2D eigenvalue weighted by Crippen LogP contribution is 2.36. The molecule has 1 unspecified atom stereocenters. The fourth-order valence-electron chi connectivity index (χ4n) is 2.57. The molecule has 1 aromatic carbocycles. The zero-order valence-electron chi connectivity index (χ0n) is 11.6. The molecule has 19 heavy (non-hydrogen) atoms. The first-order valence-electron chi connectivity index (χ1n) is 6.67. The van der Waals surface area contributed by atoms with Gasteiger partial charge in [-0.2, -0.15) is 5.26 Å². The molecule has 1 aliphatic carbocycles. The normalized spacial score (nSPS) is 19.1. The molecule has 0 saturated heterocycles. The van der Waals surface area contributed by atoms with Gasteiger partial charge in [0.1, 0.15) is 5.83 Å². The van der Waals surface area contributed by atoms with Crippen LogP contribution in [-0.2, 0) is 6.42 Å². The molecule has 0 aromatic heterocycles. The number of hydrogen-bond acceptors (Lipinski definition) is 1. The Morgan fingerprint density at radius 2 is 2.16 bits per heavy atom. The van der Waals surface area contributed by atoms with Gasteiger partial charge in [-0.15, -0.1) is 0 Å². The third kappa shape index (κ3) is 2.61. The Labute approximate surface area is 114 Å². The lowest BCUT2D eigenvalue weighted by molar-refractivity contribution is 0.609. The molecule has 0 heterocycles. The third-order valence-corrected chi connectivity index (χ3v) is 3.76. The van der Waals surface area contributed by atoms with Gasteiger partial charge in [-0.25, -0.2) is 4.39 Å². The van der Waals surface area contributed by atoms with Gasteiger partial charge in [0.15, 0.2) is 0 Å². The van der Waals surface area contributed by atoms with Crippen LogP contribution in [0.25, 0.3) is 5.57 Å². The summed E-state index contributed by atoms with van der Waals surface area (Å²) in [5.74, 6) is 0.0932. The number of hydrogen-bond donors (Lipinski definition) is 0. The van der Waals surface area contributed by atoms with E-state index in [1.807, 2.05) is 25.1 Å². The van der Waals surface area contributed by atoms with Crippen molar-refractivity contribution in [3.63, 3.8) is 0 Å². The summed E-state index contributed by atoms with van der Waals surface area (Å²) in [7, 11) is 0. The van der Waals surface area contributed by atoms with Crippen molar-refractivity contribution < 1.29 is 4.39 Å². The van der Waals surface area contributed by atoms with Crippen LogP contribution < -0.4 is 0 Å². The molecule has 0 bridgehead atoms. The Hall–Kier alpha value is -1.88. The second kappa shape index (κ2) is 5.40. The summed E-state index contributed by atoms with van der Waals surface area (Å²) in [6, 6.07) is 8.12. The predicted octanol–water partition coefficient (Wildman–Crippen LogP) is 4.79. The SMILES string of the molecule is CCc1ccc(C2=CC(F)=C(C)CC2C)c(C#N)c1. The smallest absolute Gasteiger partial charge is 0.122 e. The highest BCUT2D eigenvalue weighted by Gasteiger charge is 2.21. The minimum absolute atomic E-state index is 0.156. The topological polar surface area (TPSA) is 23.8 Å². The molecule has 0 amide bonds. The van der Waals surface area contributed by atoms with Crippen molar-refractivity contribution >= 4 is 5.57 Å². The van der Waals surface area contributed by atoms with Crippen molar-refractivity contribution in [1.29, 1.82) is 5.26 Å². The average Bonchev–Trinajstić information content (AvgIpc) is 2.42. The van der Waals surface area contributed by atoms with Crippen LogP contribution in [0.5, 0.6) is 0 Å². The number of halogens is 1. The quantitative estimate of drug-likeness (QED) is 0.745. The van der Waals surface area contributed by atoms with Crippen LogP contribution in [-0.4, -0.2) is 0 Å². The van der Waals surface area contributed by atoms with Gasteiger partial charge in [-0.3, -0.25) is 0 Å². The van der Waals surface area contributed by atoms with Gasteiger partial charge in [0.25, 0.3) is 0 Å². The first kappa shape index (κ1) is 13.5. The summed E-state index contributed by atoms with van der Waals surface area (Å²) in [5, 5.41) is 9.29. The molecule has 0 spiro atoms. The molecule has 0 saturated carbocycles. The molecule has 98 valence electrons. The molecule has 1 atom stereocenters. The number of allylic oxidation sites excluding steroid dienone is 4. The monoisotopic (exact) mass is 255 g/mol. The summed E-state index contributed by atoms with van der Waals surface area (Å²) < 4.78 is 13.8. The van der Waals surface area contributed by atoms with E-state index in [0.29, 0.717) is 5.56 Å². The van der Waals surface area contributed by atoms with Crippen molar-refractivity contribution in [2.45, 2.75) is 33.6 Å². The maximum absolute atomic E-state index is 13.8. The largest absolute Gasteiger partial charge is 0.207 e. The van der Waals surface area contributed by atoms with Crippen LogP contribution in [0.15, 0.2) is 35.7 Å². The summed E-state index contributed by atoms with van der Waals surface area (Å²) >= 11 is 0. The fourth-order valence-corrected chi connectivity index (χ4v) is 2.57. The van der Waals surface area contributed by atoms with Gasteiger partial charge in [0.2, 0.25) is 0 Å². The van der Waals surface area contributed by atoms with Crippen LogP contribution in [0.4, 0.5) is 4.39 Å². The third-order valence-electron chi connectivity index (χ3n) is 3.76. The second-order valence-electron chi connectivity index (χ2n) is 5.18. The highest BCUT2D eigenvalue weighted by molar-refractivity contribution is 5.75. The van der Waals surface area contributed by atoms with E-state index in [0.717, 1.165) is 35.1 Å². The lowest BCUT2D eigenvalue weighted by atomic mass is 9.82. The maximum Gasteiger partial charge on any atom is 0.122 e. The van der Waals surface area contributed by atoms with Crippen LogP contribution >= 0.6 is 0 Å². The fraction of sp³-hybridized carbons (Fsp3) is 0.353. The average molecular weight is 255 g/mol. The van der Waals surface area contributed by atoms with Gasteiger partial charge < -0.3 is 0 Å². The molecular formula is C17H18FN. The highest BCUT2D eigenvalue weighted by atomic mass is 19.1. The van der Waals surface area contributed by atoms with Gasteiger partial charge in [-0.05, 0) is 60.1 Å². The number of benzene rings is 1. The first-order valence-corrected chi connectivity index (χ1v) is 6.67. The van der Waals surface area contributed by atoms with E-state index in [-0.39, 0.29) is 11.7 Å². The van der Waals surface area contributed by atoms with Crippen molar-refractivity contribution in [3.05, 3.63) is 52.4 Å². The predicted molar refractivity (Wildman–Crippen MR) is 76.1 cm³/mol. The zero-order chi connectivity index (χ0) is 14.0. The maximum atomic E-state index is 13.8. The molecular weight excluding hydrogens is 237 g/mol. The molecule has 1 nitrogen and oxygen atoms in total. The van der Waals surface area contributed by atoms with E-state index in [1.54, 1.807) is 6.08 Å². The van der Waals surface area contributed by atoms with Crippen molar-refractivity contribution in [2.75, 3.05) is 0 Å².